The number of carboxylic acids is 1. The fourth-order valence-electron chi connectivity index (χ4n) is 8.40. The fourth-order valence-corrected chi connectivity index (χ4v) is 8.40. The predicted molar refractivity (Wildman–Crippen MR) is 275 cm³/mol. The SMILES string of the molecule is CC/C=C\C/C=C\C/C=C\C/C=C\CCCCCCCCC(=O)OCC(COC1OC(C(=O)O)C(O)C(O)C1O)OC(=O)CCCCCCCCCCCCCCCCCCCCCCCCC. The monoisotopic (exact) mass is 961 g/mol. The molecule has 0 bridgehead atoms. The number of aliphatic carboxylic acids is 1. The average molecular weight is 961 g/mol. The second-order valence-electron chi connectivity index (χ2n) is 19.1. The zero-order chi connectivity index (χ0) is 49.6. The van der Waals surface area contributed by atoms with E-state index in [4.69, 9.17) is 18.9 Å². The molecule has 1 aliphatic rings. The van der Waals surface area contributed by atoms with Gasteiger partial charge in [-0.3, -0.25) is 9.59 Å². The van der Waals surface area contributed by atoms with E-state index in [1.807, 2.05) is 0 Å². The highest BCUT2D eigenvalue weighted by Crippen LogP contribution is 2.23. The maximum Gasteiger partial charge on any atom is 0.335 e. The van der Waals surface area contributed by atoms with Crippen molar-refractivity contribution >= 4 is 17.9 Å². The van der Waals surface area contributed by atoms with Crippen LogP contribution in [-0.2, 0) is 33.3 Å². The molecule has 1 saturated heterocycles. The first-order valence-electron chi connectivity index (χ1n) is 27.7. The molecule has 68 heavy (non-hydrogen) atoms. The number of allylic oxidation sites excluding steroid dienone is 8. The average Bonchev–Trinajstić information content (AvgIpc) is 3.32. The first-order chi connectivity index (χ1) is 33.2. The quantitative estimate of drug-likeness (QED) is 0.0260. The molecular formula is C57H100O11. The van der Waals surface area contributed by atoms with E-state index in [1.165, 1.54) is 122 Å². The van der Waals surface area contributed by atoms with Gasteiger partial charge in [0.2, 0.25) is 0 Å². The lowest BCUT2D eigenvalue weighted by molar-refractivity contribution is -0.298. The van der Waals surface area contributed by atoms with Crippen molar-refractivity contribution in [3.05, 3.63) is 48.6 Å². The number of esters is 2. The molecule has 4 N–H and O–H groups in total. The molecule has 394 valence electrons. The summed E-state index contributed by atoms with van der Waals surface area (Å²) in [5.41, 5.74) is 0. The molecule has 0 spiro atoms. The van der Waals surface area contributed by atoms with Crippen LogP contribution in [0.3, 0.4) is 0 Å². The Kier molecular flexibility index (Phi) is 43.3. The second kappa shape index (κ2) is 46.5. The molecule has 0 radical (unpaired) electrons. The number of hydrogen-bond donors (Lipinski definition) is 4. The number of carboxylic acid groups (broad SMARTS) is 1. The number of unbranched alkanes of at least 4 members (excludes halogenated alkanes) is 28. The Bertz CT molecular complexity index is 1310. The molecule has 1 fully saturated rings. The van der Waals surface area contributed by atoms with Crippen LogP contribution in [0.5, 0.6) is 0 Å². The number of rotatable bonds is 47. The first kappa shape index (κ1) is 63.2. The maximum absolute atomic E-state index is 12.9. The van der Waals surface area contributed by atoms with Gasteiger partial charge in [0.05, 0.1) is 6.61 Å². The summed E-state index contributed by atoms with van der Waals surface area (Å²) in [6.07, 6.45) is 48.8. The van der Waals surface area contributed by atoms with Crippen molar-refractivity contribution in [1.82, 2.24) is 0 Å². The molecule has 6 unspecified atom stereocenters. The Hall–Kier alpha value is -2.83. The third-order valence-corrected chi connectivity index (χ3v) is 12.7. The molecule has 1 aliphatic heterocycles. The van der Waals surface area contributed by atoms with E-state index in [2.05, 4.69) is 62.5 Å². The minimum atomic E-state index is -1.86. The fraction of sp³-hybridized carbons (Fsp3) is 0.807. The van der Waals surface area contributed by atoms with Gasteiger partial charge in [0.1, 0.15) is 24.9 Å². The molecule has 0 aromatic rings. The molecule has 0 aromatic carbocycles. The number of carbonyl (C=O) groups excluding carboxylic acids is 2. The summed E-state index contributed by atoms with van der Waals surface area (Å²) >= 11 is 0. The minimum absolute atomic E-state index is 0.182. The number of hydrogen-bond acceptors (Lipinski definition) is 10. The van der Waals surface area contributed by atoms with Crippen LogP contribution in [0, 0.1) is 0 Å². The van der Waals surface area contributed by atoms with Crippen molar-refractivity contribution in [3.8, 4) is 0 Å². The topological polar surface area (TPSA) is 169 Å². The molecule has 0 saturated carbocycles. The molecule has 0 aliphatic carbocycles. The van der Waals surface area contributed by atoms with Gasteiger partial charge in [0, 0.05) is 12.8 Å². The lowest BCUT2D eigenvalue weighted by atomic mass is 9.99. The Morgan fingerprint density at radius 3 is 1.31 bits per heavy atom. The summed E-state index contributed by atoms with van der Waals surface area (Å²) in [6.45, 7) is 3.73. The summed E-state index contributed by atoms with van der Waals surface area (Å²) in [4.78, 5) is 37.1. The molecule has 0 aromatic heterocycles. The van der Waals surface area contributed by atoms with Crippen molar-refractivity contribution < 1.29 is 53.8 Å². The minimum Gasteiger partial charge on any atom is -0.479 e. The largest absolute Gasteiger partial charge is 0.479 e. The maximum atomic E-state index is 12.9. The van der Waals surface area contributed by atoms with Crippen LogP contribution >= 0.6 is 0 Å². The second-order valence-corrected chi connectivity index (χ2v) is 19.1. The lowest BCUT2D eigenvalue weighted by Gasteiger charge is -2.38. The normalized spacial score (nSPS) is 19.2. The highest BCUT2D eigenvalue weighted by atomic mass is 16.7. The summed E-state index contributed by atoms with van der Waals surface area (Å²) in [6, 6.07) is 0. The van der Waals surface area contributed by atoms with Crippen molar-refractivity contribution in [2.45, 2.75) is 282 Å². The molecule has 0 amide bonds. The molecule has 1 rings (SSSR count). The Morgan fingerprint density at radius 2 is 0.868 bits per heavy atom. The predicted octanol–water partition coefficient (Wildman–Crippen LogP) is 13.7. The van der Waals surface area contributed by atoms with Gasteiger partial charge in [0.15, 0.2) is 18.5 Å². The van der Waals surface area contributed by atoms with E-state index in [0.29, 0.717) is 12.8 Å². The third kappa shape index (κ3) is 37.1. The van der Waals surface area contributed by atoms with Gasteiger partial charge in [-0.2, -0.15) is 0 Å². The van der Waals surface area contributed by atoms with E-state index in [1.54, 1.807) is 0 Å². The molecular weight excluding hydrogens is 861 g/mol. The van der Waals surface area contributed by atoms with Crippen molar-refractivity contribution in [3.63, 3.8) is 0 Å². The van der Waals surface area contributed by atoms with Crippen molar-refractivity contribution in [2.24, 2.45) is 0 Å². The molecule has 11 heteroatoms. The van der Waals surface area contributed by atoms with Crippen LogP contribution in [-0.4, -0.2) is 88.4 Å². The zero-order valence-corrected chi connectivity index (χ0v) is 43.1. The van der Waals surface area contributed by atoms with Crippen LogP contribution in [0.15, 0.2) is 48.6 Å². The number of carbonyl (C=O) groups is 3. The molecule has 11 nitrogen and oxygen atoms in total. The highest BCUT2D eigenvalue weighted by Gasteiger charge is 2.47. The summed E-state index contributed by atoms with van der Waals surface area (Å²) in [7, 11) is 0. The van der Waals surface area contributed by atoms with E-state index >= 15 is 0 Å². The van der Waals surface area contributed by atoms with Crippen LogP contribution < -0.4 is 0 Å². The Morgan fingerprint density at radius 1 is 0.471 bits per heavy atom. The van der Waals surface area contributed by atoms with Crippen LogP contribution in [0.4, 0.5) is 0 Å². The molecule has 1 heterocycles. The van der Waals surface area contributed by atoms with E-state index in [0.717, 1.165) is 83.5 Å². The van der Waals surface area contributed by atoms with Gasteiger partial charge in [0.25, 0.3) is 0 Å². The highest BCUT2D eigenvalue weighted by molar-refractivity contribution is 5.73. The van der Waals surface area contributed by atoms with Gasteiger partial charge in [-0.25, -0.2) is 4.79 Å². The Balaban J connectivity index is 2.26. The number of aliphatic hydroxyl groups excluding tert-OH is 3. The van der Waals surface area contributed by atoms with E-state index in [9.17, 15) is 34.8 Å². The van der Waals surface area contributed by atoms with Gasteiger partial charge in [-0.1, -0.05) is 229 Å². The van der Waals surface area contributed by atoms with Crippen LogP contribution in [0.2, 0.25) is 0 Å². The van der Waals surface area contributed by atoms with Crippen molar-refractivity contribution in [2.75, 3.05) is 13.2 Å². The lowest BCUT2D eigenvalue weighted by Crippen LogP contribution is -2.60. The van der Waals surface area contributed by atoms with E-state index in [-0.39, 0.29) is 19.4 Å². The van der Waals surface area contributed by atoms with Gasteiger partial charge in [-0.15, -0.1) is 0 Å². The zero-order valence-electron chi connectivity index (χ0n) is 43.1. The van der Waals surface area contributed by atoms with Gasteiger partial charge in [-0.05, 0) is 51.4 Å². The first-order valence-corrected chi connectivity index (χ1v) is 27.7. The number of ether oxygens (including phenoxy) is 4. The Labute approximate surface area is 414 Å². The molecule has 6 atom stereocenters. The van der Waals surface area contributed by atoms with Crippen LogP contribution in [0.25, 0.3) is 0 Å². The summed E-state index contributed by atoms with van der Waals surface area (Å²) < 4.78 is 21.9. The summed E-state index contributed by atoms with van der Waals surface area (Å²) in [5.74, 6) is -2.45. The van der Waals surface area contributed by atoms with Crippen LogP contribution in [0.1, 0.15) is 245 Å². The smallest absolute Gasteiger partial charge is 0.335 e. The van der Waals surface area contributed by atoms with Crippen molar-refractivity contribution in [1.29, 1.82) is 0 Å². The van der Waals surface area contributed by atoms with Gasteiger partial charge < -0.3 is 39.4 Å². The van der Waals surface area contributed by atoms with E-state index < -0.39 is 61.3 Å². The van der Waals surface area contributed by atoms with Gasteiger partial charge >= 0.3 is 17.9 Å². The number of aliphatic hydroxyl groups is 3. The standard InChI is InChI=1S/C57H100O11/c1-3-5-7-9-11-13-15-17-19-21-23-24-25-26-28-30-32-34-36-38-40-42-44-46-51(59)67-49(48-66-57-54(62)52(60)53(61)55(68-57)56(63)64)47-65-50(58)45-43-41-39-37-35-33-31-29-27-22-20-18-16-14-12-10-8-6-4-2/h6,8,12,14,18,20,27,29,49,52-55,57,60-62H,3-5,7,9-11,13,15-17,19,21-26,28,30-48H2,1-2H3,(H,63,64)/b8-6-,14-12-,20-18-,29-27-. The summed E-state index contributed by atoms with van der Waals surface area (Å²) in [5, 5.41) is 40.0. The third-order valence-electron chi connectivity index (χ3n) is 12.7.